The summed E-state index contributed by atoms with van der Waals surface area (Å²) in [5.74, 6) is -0.354. The van der Waals surface area contributed by atoms with Gasteiger partial charge in [0.05, 0.1) is 13.2 Å². The van der Waals surface area contributed by atoms with Gasteiger partial charge in [-0.15, -0.1) is 0 Å². The highest BCUT2D eigenvalue weighted by atomic mass is 16.6. The van der Waals surface area contributed by atoms with Crippen molar-refractivity contribution < 1.29 is 19.1 Å². The van der Waals surface area contributed by atoms with Crippen molar-refractivity contribution in [2.24, 2.45) is 5.92 Å². The Morgan fingerprint density at radius 1 is 0.625 bits per heavy atom. The molecule has 0 bridgehead atoms. The number of nitrogens with zero attached hydrogens (tertiary/aromatic N) is 1. The predicted molar refractivity (Wildman–Crippen MR) is 134 cm³/mol. The first-order chi connectivity index (χ1) is 15.5. The summed E-state index contributed by atoms with van der Waals surface area (Å²) < 4.78 is 10.7. The molecule has 0 aromatic rings. The molecule has 1 unspecified atom stereocenters. The van der Waals surface area contributed by atoms with Crippen molar-refractivity contribution in [1.29, 1.82) is 0 Å². The van der Waals surface area contributed by atoms with Gasteiger partial charge in [-0.2, -0.15) is 0 Å². The third-order valence-corrected chi connectivity index (χ3v) is 6.04. The lowest BCUT2D eigenvalue weighted by atomic mass is 10.0. The van der Waals surface area contributed by atoms with Crippen LogP contribution in [0.1, 0.15) is 130 Å². The second-order valence-electron chi connectivity index (χ2n) is 9.53. The molecule has 0 aromatic carbocycles. The molecule has 190 valence electrons. The molecule has 32 heavy (non-hydrogen) atoms. The van der Waals surface area contributed by atoms with E-state index in [0.29, 0.717) is 13.2 Å². The second-order valence-corrected chi connectivity index (χ2v) is 9.53. The molecule has 1 atom stereocenters. The fourth-order valence-electron chi connectivity index (χ4n) is 3.95. The Morgan fingerprint density at radius 2 is 1.03 bits per heavy atom. The minimum atomic E-state index is -0.601. The van der Waals surface area contributed by atoms with Gasteiger partial charge in [-0.25, -0.2) is 9.59 Å². The van der Waals surface area contributed by atoms with Gasteiger partial charge in [0.25, 0.3) is 0 Å². The number of esters is 1. The molecule has 0 N–H and O–H groups in total. The summed E-state index contributed by atoms with van der Waals surface area (Å²) in [6.07, 6.45) is 19.6. The van der Waals surface area contributed by atoms with Crippen LogP contribution in [0, 0.1) is 5.92 Å². The molecular formula is C27H53NO4. The van der Waals surface area contributed by atoms with Crippen LogP contribution >= 0.6 is 0 Å². The van der Waals surface area contributed by atoms with Crippen LogP contribution in [0.5, 0.6) is 0 Å². The second kappa shape index (κ2) is 21.6. The summed E-state index contributed by atoms with van der Waals surface area (Å²) in [4.78, 5) is 26.1. The largest absolute Gasteiger partial charge is 0.464 e. The standard InChI is InChI=1S/C27H53NO4/c1-6-8-10-11-12-13-14-15-16-17-18-19-20-21-23-31-26(29)25(24(3)4)28(5)27(30)32-22-9-7-2/h24-25H,6-23H2,1-5H3. The van der Waals surface area contributed by atoms with Crippen LogP contribution in [-0.4, -0.2) is 43.3 Å². The van der Waals surface area contributed by atoms with E-state index in [4.69, 9.17) is 9.47 Å². The van der Waals surface area contributed by atoms with E-state index in [2.05, 4.69) is 6.92 Å². The Hall–Kier alpha value is -1.26. The first-order valence-electron chi connectivity index (χ1n) is 13.5. The maximum Gasteiger partial charge on any atom is 0.410 e. The number of carbonyl (C=O) groups is 2. The van der Waals surface area contributed by atoms with E-state index in [0.717, 1.165) is 25.7 Å². The molecule has 0 fully saturated rings. The minimum absolute atomic E-state index is 0.0254. The number of rotatable bonds is 21. The van der Waals surface area contributed by atoms with Crippen molar-refractivity contribution in [3.63, 3.8) is 0 Å². The lowest BCUT2D eigenvalue weighted by Gasteiger charge is -2.28. The molecule has 0 saturated heterocycles. The number of likely N-dealkylation sites (N-methyl/N-ethyl adjacent to an activating group) is 1. The zero-order valence-corrected chi connectivity index (χ0v) is 22.0. The van der Waals surface area contributed by atoms with Gasteiger partial charge >= 0.3 is 12.1 Å². The molecule has 0 radical (unpaired) electrons. The molecule has 0 aliphatic carbocycles. The summed E-state index contributed by atoms with van der Waals surface area (Å²) in [5, 5.41) is 0. The van der Waals surface area contributed by atoms with Crippen molar-refractivity contribution >= 4 is 12.1 Å². The van der Waals surface area contributed by atoms with E-state index in [9.17, 15) is 9.59 Å². The molecule has 0 aromatic heterocycles. The van der Waals surface area contributed by atoms with Crippen LogP contribution in [0.2, 0.25) is 0 Å². The smallest absolute Gasteiger partial charge is 0.410 e. The molecule has 0 aliphatic rings. The number of hydrogen-bond acceptors (Lipinski definition) is 4. The molecule has 0 spiro atoms. The lowest BCUT2D eigenvalue weighted by molar-refractivity contribution is -0.150. The zero-order chi connectivity index (χ0) is 24.0. The number of amides is 1. The van der Waals surface area contributed by atoms with E-state index in [1.807, 2.05) is 20.8 Å². The van der Waals surface area contributed by atoms with Gasteiger partial charge in [0.2, 0.25) is 0 Å². The predicted octanol–water partition coefficient (Wildman–Crippen LogP) is 7.90. The molecule has 0 heterocycles. The molecular weight excluding hydrogens is 402 g/mol. The normalized spacial score (nSPS) is 12.1. The summed E-state index contributed by atoms with van der Waals surface area (Å²) in [5.41, 5.74) is 0. The minimum Gasteiger partial charge on any atom is -0.464 e. The number of carbonyl (C=O) groups excluding carboxylic acids is 2. The molecule has 0 rings (SSSR count). The first-order valence-corrected chi connectivity index (χ1v) is 13.5. The number of ether oxygens (including phenoxy) is 2. The van der Waals surface area contributed by atoms with Crippen LogP contribution in [0.3, 0.4) is 0 Å². The molecule has 0 saturated carbocycles. The fraction of sp³-hybridized carbons (Fsp3) is 0.926. The lowest BCUT2D eigenvalue weighted by Crippen LogP contribution is -2.46. The van der Waals surface area contributed by atoms with Gasteiger partial charge in [-0.3, -0.25) is 4.90 Å². The van der Waals surface area contributed by atoms with Gasteiger partial charge in [-0.1, -0.05) is 118 Å². The van der Waals surface area contributed by atoms with E-state index in [-0.39, 0.29) is 11.9 Å². The number of hydrogen-bond donors (Lipinski definition) is 0. The summed E-state index contributed by atoms with van der Waals surface area (Å²) in [7, 11) is 1.62. The van der Waals surface area contributed by atoms with Crippen LogP contribution in [0.15, 0.2) is 0 Å². The quantitative estimate of drug-likeness (QED) is 0.130. The van der Waals surface area contributed by atoms with Crippen LogP contribution < -0.4 is 0 Å². The highest BCUT2D eigenvalue weighted by Crippen LogP contribution is 2.15. The van der Waals surface area contributed by atoms with Crippen molar-refractivity contribution in [2.75, 3.05) is 20.3 Å². The molecule has 1 amide bonds. The fourth-order valence-corrected chi connectivity index (χ4v) is 3.95. The van der Waals surface area contributed by atoms with Gasteiger partial charge in [0, 0.05) is 7.05 Å². The highest BCUT2D eigenvalue weighted by Gasteiger charge is 2.32. The Morgan fingerprint density at radius 3 is 1.47 bits per heavy atom. The van der Waals surface area contributed by atoms with Gasteiger partial charge in [-0.05, 0) is 18.8 Å². The first kappa shape index (κ1) is 30.7. The van der Waals surface area contributed by atoms with Crippen molar-refractivity contribution in [3.8, 4) is 0 Å². The van der Waals surface area contributed by atoms with Crippen LogP contribution in [0.25, 0.3) is 0 Å². The Labute approximate surface area is 199 Å². The van der Waals surface area contributed by atoms with Crippen molar-refractivity contribution in [2.45, 2.75) is 136 Å². The van der Waals surface area contributed by atoms with Crippen LogP contribution in [-0.2, 0) is 14.3 Å². The zero-order valence-electron chi connectivity index (χ0n) is 22.0. The highest BCUT2D eigenvalue weighted by molar-refractivity contribution is 5.81. The maximum atomic E-state index is 12.5. The average molecular weight is 456 g/mol. The van der Waals surface area contributed by atoms with E-state index in [1.54, 1.807) is 7.05 Å². The summed E-state index contributed by atoms with van der Waals surface area (Å²) in [6, 6.07) is -0.601. The molecule has 5 nitrogen and oxygen atoms in total. The van der Waals surface area contributed by atoms with Gasteiger partial charge < -0.3 is 9.47 Å². The van der Waals surface area contributed by atoms with E-state index in [1.165, 1.54) is 81.9 Å². The molecule has 0 aliphatic heterocycles. The van der Waals surface area contributed by atoms with Gasteiger partial charge in [0.15, 0.2) is 0 Å². The maximum absolute atomic E-state index is 12.5. The summed E-state index contributed by atoms with van der Waals surface area (Å²) in [6.45, 7) is 8.98. The topological polar surface area (TPSA) is 55.8 Å². The van der Waals surface area contributed by atoms with E-state index < -0.39 is 12.1 Å². The third-order valence-electron chi connectivity index (χ3n) is 6.04. The van der Waals surface area contributed by atoms with E-state index >= 15 is 0 Å². The Kier molecular flexibility index (Phi) is 20.7. The van der Waals surface area contributed by atoms with Crippen molar-refractivity contribution in [3.05, 3.63) is 0 Å². The Balaban J connectivity index is 3.77. The third kappa shape index (κ3) is 16.4. The summed E-state index contributed by atoms with van der Waals surface area (Å²) >= 11 is 0. The monoisotopic (exact) mass is 455 g/mol. The van der Waals surface area contributed by atoms with Crippen molar-refractivity contribution in [1.82, 2.24) is 4.90 Å². The SMILES string of the molecule is CCCCCCCCCCCCCCCCOC(=O)C(C(C)C)N(C)C(=O)OCCCC. The number of unbranched alkanes of at least 4 members (excludes halogenated alkanes) is 14. The van der Waals surface area contributed by atoms with Crippen LogP contribution in [0.4, 0.5) is 4.79 Å². The molecule has 5 heteroatoms. The Bertz CT molecular complexity index is 453. The average Bonchev–Trinajstić information content (AvgIpc) is 2.76. The van der Waals surface area contributed by atoms with Gasteiger partial charge in [0.1, 0.15) is 6.04 Å².